The molecule has 5 heteroatoms. The van der Waals surface area contributed by atoms with Crippen molar-refractivity contribution in [2.24, 2.45) is 0 Å². The number of likely N-dealkylation sites (tertiary alicyclic amines) is 1. The molecule has 2 amide bonds. The van der Waals surface area contributed by atoms with Crippen molar-refractivity contribution < 1.29 is 9.59 Å². The molecule has 1 aromatic heterocycles. The van der Waals surface area contributed by atoms with Gasteiger partial charge >= 0.3 is 0 Å². The van der Waals surface area contributed by atoms with E-state index in [2.05, 4.69) is 17.4 Å². The Morgan fingerprint density at radius 1 is 0.893 bits per heavy atom. The SMILES string of the molecule is O=C(Nc1ccc(-c2ccccc2)cc1)C1CCCCN1C(=O)c1cccs1. The van der Waals surface area contributed by atoms with E-state index in [1.807, 2.05) is 60.0 Å². The molecule has 0 saturated carbocycles. The largest absolute Gasteiger partial charge is 0.326 e. The first kappa shape index (κ1) is 18.4. The van der Waals surface area contributed by atoms with Gasteiger partial charge in [-0.3, -0.25) is 9.59 Å². The van der Waals surface area contributed by atoms with Gasteiger partial charge in [0.15, 0.2) is 0 Å². The third-order valence-corrected chi connectivity index (χ3v) is 5.92. The highest BCUT2D eigenvalue weighted by atomic mass is 32.1. The molecule has 1 unspecified atom stereocenters. The molecule has 4 nitrogen and oxygen atoms in total. The van der Waals surface area contributed by atoms with Crippen molar-refractivity contribution in [1.82, 2.24) is 4.90 Å². The molecule has 0 aliphatic carbocycles. The maximum Gasteiger partial charge on any atom is 0.264 e. The number of thiophene rings is 1. The first-order valence-electron chi connectivity index (χ1n) is 9.53. The van der Waals surface area contributed by atoms with Crippen LogP contribution in [0, 0.1) is 0 Å². The summed E-state index contributed by atoms with van der Waals surface area (Å²) in [5.74, 6) is -0.161. The third kappa shape index (κ3) is 3.99. The summed E-state index contributed by atoms with van der Waals surface area (Å²) in [6.45, 7) is 0.627. The van der Waals surface area contributed by atoms with Crippen LogP contribution < -0.4 is 5.32 Å². The van der Waals surface area contributed by atoms with E-state index in [4.69, 9.17) is 0 Å². The molecule has 0 bridgehead atoms. The highest BCUT2D eigenvalue weighted by Gasteiger charge is 2.33. The molecule has 142 valence electrons. The van der Waals surface area contributed by atoms with Crippen LogP contribution in [0.5, 0.6) is 0 Å². The lowest BCUT2D eigenvalue weighted by molar-refractivity contribution is -0.121. The second kappa shape index (κ2) is 8.40. The zero-order chi connectivity index (χ0) is 19.3. The van der Waals surface area contributed by atoms with Crippen molar-refractivity contribution in [2.45, 2.75) is 25.3 Å². The minimum absolute atomic E-state index is 0.0470. The van der Waals surface area contributed by atoms with Crippen molar-refractivity contribution in [3.8, 4) is 11.1 Å². The molecule has 1 aliphatic rings. The Morgan fingerprint density at radius 3 is 2.36 bits per heavy atom. The minimum Gasteiger partial charge on any atom is -0.326 e. The highest BCUT2D eigenvalue weighted by molar-refractivity contribution is 7.12. The quantitative estimate of drug-likeness (QED) is 0.678. The molecule has 1 saturated heterocycles. The van der Waals surface area contributed by atoms with Gasteiger partial charge in [-0.05, 0) is 54.0 Å². The van der Waals surface area contributed by atoms with Gasteiger partial charge in [-0.15, -0.1) is 11.3 Å². The molecular weight excluding hydrogens is 368 g/mol. The maximum absolute atomic E-state index is 12.9. The fourth-order valence-corrected chi connectivity index (χ4v) is 4.27. The molecule has 28 heavy (non-hydrogen) atoms. The van der Waals surface area contributed by atoms with Gasteiger partial charge in [-0.1, -0.05) is 48.5 Å². The van der Waals surface area contributed by atoms with Gasteiger partial charge in [0.25, 0.3) is 5.91 Å². The Bertz CT molecular complexity index is 937. The van der Waals surface area contributed by atoms with Crippen LogP contribution in [0.15, 0.2) is 72.1 Å². The van der Waals surface area contributed by atoms with E-state index >= 15 is 0 Å². The smallest absolute Gasteiger partial charge is 0.264 e. The van der Waals surface area contributed by atoms with Crippen molar-refractivity contribution >= 4 is 28.8 Å². The van der Waals surface area contributed by atoms with Gasteiger partial charge in [0, 0.05) is 12.2 Å². The van der Waals surface area contributed by atoms with Crippen LogP contribution in [0.2, 0.25) is 0 Å². The third-order valence-electron chi connectivity index (χ3n) is 5.06. The Labute approximate surface area is 168 Å². The van der Waals surface area contributed by atoms with Crippen LogP contribution in [0.1, 0.15) is 28.9 Å². The van der Waals surface area contributed by atoms with E-state index in [0.717, 1.165) is 29.7 Å². The van der Waals surface area contributed by atoms with Crippen LogP contribution >= 0.6 is 11.3 Å². The maximum atomic E-state index is 12.9. The first-order chi connectivity index (χ1) is 13.7. The Hall–Kier alpha value is -2.92. The van der Waals surface area contributed by atoms with E-state index in [1.165, 1.54) is 11.3 Å². The summed E-state index contributed by atoms with van der Waals surface area (Å²) in [4.78, 5) is 28.1. The number of rotatable bonds is 4. The van der Waals surface area contributed by atoms with Crippen molar-refractivity contribution in [1.29, 1.82) is 0 Å². The molecule has 2 heterocycles. The minimum atomic E-state index is -0.419. The van der Waals surface area contributed by atoms with E-state index < -0.39 is 6.04 Å². The number of piperidine rings is 1. The summed E-state index contributed by atoms with van der Waals surface area (Å²) in [6, 6.07) is 21.2. The summed E-state index contributed by atoms with van der Waals surface area (Å²) in [7, 11) is 0. The van der Waals surface area contributed by atoms with E-state index in [1.54, 1.807) is 4.90 Å². The molecule has 1 N–H and O–H groups in total. The molecule has 1 fully saturated rings. The average molecular weight is 391 g/mol. The Morgan fingerprint density at radius 2 is 1.64 bits per heavy atom. The first-order valence-corrected chi connectivity index (χ1v) is 10.4. The van der Waals surface area contributed by atoms with Crippen LogP contribution in [0.25, 0.3) is 11.1 Å². The molecule has 4 rings (SSSR count). The predicted octanol–water partition coefficient (Wildman–Crippen LogP) is 5.05. The summed E-state index contributed by atoms with van der Waals surface area (Å²) in [5.41, 5.74) is 2.99. The van der Waals surface area contributed by atoms with Gasteiger partial charge in [-0.2, -0.15) is 0 Å². The zero-order valence-electron chi connectivity index (χ0n) is 15.5. The number of benzene rings is 2. The summed E-state index contributed by atoms with van der Waals surface area (Å²) >= 11 is 1.42. The Kier molecular flexibility index (Phi) is 5.53. The lowest BCUT2D eigenvalue weighted by atomic mass is 10.0. The lowest BCUT2D eigenvalue weighted by Gasteiger charge is -2.34. The van der Waals surface area contributed by atoms with Crippen molar-refractivity contribution in [2.75, 3.05) is 11.9 Å². The molecule has 3 aromatic rings. The summed E-state index contributed by atoms with van der Waals surface area (Å²) < 4.78 is 0. The van der Waals surface area contributed by atoms with E-state index in [-0.39, 0.29) is 11.8 Å². The normalized spacial score (nSPS) is 16.6. The van der Waals surface area contributed by atoms with Gasteiger partial charge in [-0.25, -0.2) is 0 Å². The van der Waals surface area contributed by atoms with Crippen molar-refractivity contribution in [3.63, 3.8) is 0 Å². The van der Waals surface area contributed by atoms with Gasteiger partial charge < -0.3 is 10.2 Å². The number of hydrogen-bond acceptors (Lipinski definition) is 3. The number of amides is 2. The number of carbonyl (C=O) groups is 2. The van der Waals surface area contributed by atoms with Gasteiger partial charge in [0.1, 0.15) is 6.04 Å². The number of hydrogen-bond donors (Lipinski definition) is 1. The van der Waals surface area contributed by atoms with E-state index in [0.29, 0.717) is 17.8 Å². The summed E-state index contributed by atoms with van der Waals surface area (Å²) in [5, 5.41) is 4.88. The number of carbonyl (C=O) groups excluding carboxylic acids is 2. The zero-order valence-corrected chi connectivity index (χ0v) is 16.3. The second-order valence-corrected chi connectivity index (χ2v) is 7.87. The number of nitrogens with zero attached hydrogens (tertiary/aromatic N) is 1. The fraction of sp³-hybridized carbons (Fsp3) is 0.217. The molecule has 1 aliphatic heterocycles. The molecule has 2 aromatic carbocycles. The lowest BCUT2D eigenvalue weighted by Crippen LogP contribution is -2.49. The number of anilines is 1. The van der Waals surface area contributed by atoms with E-state index in [9.17, 15) is 9.59 Å². The predicted molar refractivity (Wildman–Crippen MR) is 114 cm³/mol. The Balaban J connectivity index is 1.46. The van der Waals surface area contributed by atoms with Crippen molar-refractivity contribution in [3.05, 3.63) is 77.0 Å². The monoisotopic (exact) mass is 390 g/mol. The molecule has 0 radical (unpaired) electrons. The molecular formula is C23H22N2O2S. The van der Waals surface area contributed by atoms with Crippen LogP contribution in [-0.2, 0) is 4.79 Å². The standard InChI is InChI=1S/C23H22N2O2S/c26-22(20-9-4-5-15-25(20)23(27)21-10-6-16-28-21)24-19-13-11-18(12-14-19)17-7-2-1-3-8-17/h1-3,6-8,10-14,16,20H,4-5,9,15H2,(H,24,26). The molecule has 0 spiro atoms. The van der Waals surface area contributed by atoms with Gasteiger partial charge in [0.2, 0.25) is 5.91 Å². The summed E-state index contributed by atoms with van der Waals surface area (Å²) in [6.07, 6.45) is 2.59. The van der Waals surface area contributed by atoms with Crippen LogP contribution in [0.3, 0.4) is 0 Å². The number of nitrogens with one attached hydrogen (secondary N) is 1. The topological polar surface area (TPSA) is 49.4 Å². The van der Waals surface area contributed by atoms with Gasteiger partial charge in [0.05, 0.1) is 4.88 Å². The fourth-order valence-electron chi connectivity index (χ4n) is 3.59. The average Bonchev–Trinajstić information content (AvgIpc) is 3.29. The van der Waals surface area contributed by atoms with Crippen LogP contribution in [-0.4, -0.2) is 29.3 Å². The molecule has 1 atom stereocenters. The van der Waals surface area contributed by atoms with Crippen LogP contribution in [0.4, 0.5) is 5.69 Å². The highest BCUT2D eigenvalue weighted by Crippen LogP contribution is 2.24. The second-order valence-electron chi connectivity index (χ2n) is 6.92.